The van der Waals surface area contributed by atoms with E-state index in [2.05, 4.69) is 17.2 Å². The SMILES string of the molecule is CCCCCCCCCCCCCCCC(CC)NC(=O)ON(CCC)C(=O)OCC(COC(=O)N(C)c1ccccn1)OC. The normalized spacial score (nSPS) is 12.2. The van der Waals surface area contributed by atoms with Crippen LogP contribution in [-0.4, -0.2) is 74.4 Å². The molecule has 258 valence electrons. The Balaban J connectivity index is 2.30. The van der Waals surface area contributed by atoms with Gasteiger partial charge in [-0.2, -0.15) is 0 Å². The first-order valence-electron chi connectivity index (χ1n) is 17.1. The third kappa shape index (κ3) is 19.1. The molecule has 0 radical (unpaired) electrons. The Bertz CT molecular complexity index is 906. The second-order valence-electron chi connectivity index (χ2n) is 11.5. The summed E-state index contributed by atoms with van der Waals surface area (Å²) >= 11 is 0. The van der Waals surface area contributed by atoms with E-state index >= 15 is 0 Å². The molecule has 1 aromatic heterocycles. The highest BCUT2D eigenvalue weighted by atomic mass is 16.8. The summed E-state index contributed by atoms with van der Waals surface area (Å²) in [5.41, 5.74) is 0. The largest absolute Gasteiger partial charge is 0.446 e. The van der Waals surface area contributed by atoms with Crippen LogP contribution in [0.5, 0.6) is 0 Å². The van der Waals surface area contributed by atoms with Crippen LogP contribution in [0.4, 0.5) is 20.2 Å². The Morgan fingerprint density at radius 2 is 1.38 bits per heavy atom. The molecule has 1 N–H and O–H groups in total. The molecule has 11 nitrogen and oxygen atoms in total. The third-order valence-corrected chi connectivity index (χ3v) is 7.68. The fourth-order valence-electron chi connectivity index (χ4n) is 4.78. The van der Waals surface area contributed by atoms with Gasteiger partial charge >= 0.3 is 18.3 Å². The summed E-state index contributed by atoms with van der Waals surface area (Å²) in [5.74, 6) is 0.434. The Morgan fingerprint density at radius 3 is 1.89 bits per heavy atom. The number of hydrogen-bond donors (Lipinski definition) is 1. The molecule has 0 aliphatic carbocycles. The molecule has 0 bridgehead atoms. The molecule has 1 aromatic rings. The summed E-state index contributed by atoms with van der Waals surface area (Å²) in [5, 5.41) is 3.79. The number of nitrogens with zero attached hydrogens (tertiary/aromatic N) is 3. The first kappa shape index (κ1) is 39.9. The van der Waals surface area contributed by atoms with Gasteiger partial charge in [0.25, 0.3) is 0 Å². The Morgan fingerprint density at radius 1 is 0.800 bits per heavy atom. The fraction of sp³-hybridized carbons (Fsp3) is 0.765. The quantitative estimate of drug-likeness (QED) is 0.0887. The van der Waals surface area contributed by atoms with Crippen molar-refractivity contribution >= 4 is 24.1 Å². The first-order valence-corrected chi connectivity index (χ1v) is 17.1. The van der Waals surface area contributed by atoms with Crippen LogP contribution in [0.3, 0.4) is 0 Å². The van der Waals surface area contributed by atoms with Crippen LogP contribution in [0.15, 0.2) is 24.4 Å². The second-order valence-corrected chi connectivity index (χ2v) is 11.5. The molecule has 1 rings (SSSR count). The van der Waals surface area contributed by atoms with Crippen LogP contribution in [0, 0.1) is 0 Å². The predicted molar refractivity (Wildman–Crippen MR) is 177 cm³/mol. The lowest BCUT2D eigenvalue weighted by molar-refractivity contribution is -0.0934. The van der Waals surface area contributed by atoms with Crippen molar-refractivity contribution < 1.29 is 33.4 Å². The standard InChI is InChI=1S/C34H60N4O7/c1-6-9-10-11-12-13-14-15-16-17-18-19-20-23-29(8-3)36-32(39)45-38(26-7-2)34(41)44-28-30(42-5)27-43-33(40)37(4)31-24-21-22-25-35-31/h21-22,24-25,29-30H,6-20,23,26-28H2,1-5H3,(H,36,39). The van der Waals surface area contributed by atoms with E-state index in [9.17, 15) is 14.4 Å². The van der Waals surface area contributed by atoms with E-state index in [1.54, 1.807) is 31.4 Å². The summed E-state index contributed by atoms with van der Waals surface area (Å²) in [7, 11) is 2.96. The number of rotatable bonds is 24. The highest BCUT2D eigenvalue weighted by Crippen LogP contribution is 2.14. The van der Waals surface area contributed by atoms with Crippen molar-refractivity contribution in [2.24, 2.45) is 0 Å². The minimum absolute atomic E-state index is 0.0264. The van der Waals surface area contributed by atoms with Gasteiger partial charge in [-0.05, 0) is 31.4 Å². The monoisotopic (exact) mass is 636 g/mol. The molecule has 2 atom stereocenters. The number of ether oxygens (including phenoxy) is 3. The fourth-order valence-corrected chi connectivity index (χ4v) is 4.78. The van der Waals surface area contributed by atoms with E-state index in [1.165, 1.54) is 82.6 Å². The number of amides is 3. The lowest BCUT2D eigenvalue weighted by atomic mass is 10.0. The Hall–Kier alpha value is -3.08. The van der Waals surface area contributed by atoms with Crippen molar-refractivity contribution in [1.29, 1.82) is 0 Å². The maximum atomic E-state index is 12.7. The summed E-state index contributed by atoms with van der Waals surface area (Å²) < 4.78 is 15.9. The molecule has 3 amide bonds. The summed E-state index contributed by atoms with van der Waals surface area (Å²) in [6, 6.07) is 5.16. The molecule has 0 aliphatic heterocycles. The van der Waals surface area contributed by atoms with Crippen molar-refractivity contribution in [3.8, 4) is 0 Å². The lowest BCUT2D eigenvalue weighted by Gasteiger charge is -2.24. The van der Waals surface area contributed by atoms with Crippen LogP contribution in [0.1, 0.15) is 124 Å². The topological polar surface area (TPSA) is 120 Å². The van der Waals surface area contributed by atoms with Gasteiger partial charge in [-0.25, -0.2) is 19.4 Å². The number of aromatic nitrogens is 1. The molecule has 0 spiro atoms. The van der Waals surface area contributed by atoms with E-state index in [-0.39, 0.29) is 25.8 Å². The number of pyridine rings is 1. The highest BCUT2D eigenvalue weighted by Gasteiger charge is 2.24. The van der Waals surface area contributed by atoms with Gasteiger partial charge in [0.15, 0.2) is 0 Å². The number of carbonyl (C=O) groups excluding carboxylic acids is 3. The van der Waals surface area contributed by atoms with Gasteiger partial charge in [0, 0.05) is 26.4 Å². The second kappa shape index (κ2) is 26.2. The number of hydroxylamine groups is 2. The van der Waals surface area contributed by atoms with Crippen LogP contribution < -0.4 is 10.2 Å². The van der Waals surface area contributed by atoms with Crippen molar-refractivity contribution in [3.63, 3.8) is 0 Å². The molecule has 0 saturated carbocycles. The zero-order valence-corrected chi connectivity index (χ0v) is 28.6. The van der Waals surface area contributed by atoms with Crippen LogP contribution in [0.2, 0.25) is 0 Å². The number of anilines is 1. The molecule has 0 aromatic carbocycles. The predicted octanol–water partition coefficient (Wildman–Crippen LogP) is 8.42. The van der Waals surface area contributed by atoms with Crippen LogP contribution in [0.25, 0.3) is 0 Å². The lowest BCUT2D eigenvalue weighted by Crippen LogP contribution is -2.43. The van der Waals surface area contributed by atoms with Crippen molar-refractivity contribution in [2.45, 2.75) is 136 Å². The average molecular weight is 637 g/mol. The van der Waals surface area contributed by atoms with E-state index in [0.29, 0.717) is 12.2 Å². The Labute approximate surface area is 271 Å². The smallest absolute Gasteiger partial charge is 0.443 e. The molecule has 2 unspecified atom stereocenters. The van der Waals surface area contributed by atoms with Crippen molar-refractivity contribution in [3.05, 3.63) is 24.4 Å². The molecule has 0 saturated heterocycles. The van der Waals surface area contributed by atoms with Gasteiger partial charge in [-0.3, -0.25) is 4.90 Å². The third-order valence-electron chi connectivity index (χ3n) is 7.68. The number of unbranched alkanes of at least 4 members (excludes halogenated alkanes) is 12. The number of hydrogen-bond acceptors (Lipinski definition) is 8. The molecular formula is C34H60N4O7. The number of nitrogens with one attached hydrogen (secondary N) is 1. The highest BCUT2D eigenvalue weighted by molar-refractivity contribution is 5.85. The van der Waals surface area contributed by atoms with Gasteiger partial charge in [0.2, 0.25) is 0 Å². The molecule has 0 aliphatic rings. The average Bonchev–Trinajstić information content (AvgIpc) is 3.05. The molecule has 1 heterocycles. The van der Waals surface area contributed by atoms with Crippen molar-refractivity contribution in [1.82, 2.24) is 15.4 Å². The van der Waals surface area contributed by atoms with Crippen molar-refractivity contribution in [2.75, 3.05) is 38.8 Å². The first-order chi connectivity index (χ1) is 21.9. The van der Waals surface area contributed by atoms with Crippen LogP contribution in [-0.2, 0) is 19.0 Å². The van der Waals surface area contributed by atoms with E-state index < -0.39 is 24.4 Å². The number of methoxy groups -OCH3 is 1. The van der Waals surface area contributed by atoms with Gasteiger partial charge in [-0.1, -0.05) is 110 Å². The molecular weight excluding hydrogens is 576 g/mol. The maximum absolute atomic E-state index is 12.7. The van der Waals surface area contributed by atoms with E-state index in [0.717, 1.165) is 30.7 Å². The number of carbonyl (C=O) groups is 3. The van der Waals surface area contributed by atoms with Gasteiger partial charge in [0.05, 0.1) is 6.54 Å². The summed E-state index contributed by atoms with van der Waals surface area (Å²) in [4.78, 5) is 48.3. The Kier molecular flexibility index (Phi) is 23.2. The minimum Gasteiger partial charge on any atom is -0.446 e. The molecule has 45 heavy (non-hydrogen) atoms. The zero-order valence-electron chi connectivity index (χ0n) is 28.6. The van der Waals surface area contributed by atoms with Gasteiger partial charge < -0.3 is 24.4 Å². The van der Waals surface area contributed by atoms with E-state index in [1.807, 2.05) is 13.8 Å². The van der Waals surface area contributed by atoms with Gasteiger partial charge in [-0.15, -0.1) is 5.06 Å². The van der Waals surface area contributed by atoms with Gasteiger partial charge in [0.1, 0.15) is 25.1 Å². The zero-order chi connectivity index (χ0) is 33.1. The minimum atomic E-state index is -0.824. The molecule has 0 fully saturated rings. The summed E-state index contributed by atoms with van der Waals surface area (Å²) in [6.45, 7) is 5.97. The summed E-state index contributed by atoms with van der Waals surface area (Å²) in [6.07, 6.45) is 17.8. The van der Waals surface area contributed by atoms with E-state index in [4.69, 9.17) is 19.0 Å². The maximum Gasteiger partial charge on any atom is 0.443 e. The molecule has 11 heteroatoms. The van der Waals surface area contributed by atoms with Crippen LogP contribution >= 0.6 is 0 Å².